The molecule has 1 fully saturated rings. The van der Waals surface area contributed by atoms with E-state index < -0.39 is 5.41 Å². The summed E-state index contributed by atoms with van der Waals surface area (Å²) in [4.78, 5) is 13.1. The maximum absolute atomic E-state index is 13.1. The highest BCUT2D eigenvalue weighted by Crippen LogP contribution is 2.42. The first-order valence-electron chi connectivity index (χ1n) is 9.11. The van der Waals surface area contributed by atoms with Crippen molar-refractivity contribution in [2.24, 2.45) is 0 Å². The fraction of sp³-hybridized carbons (Fsp3) is 0.381. The second kappa shape index (κ2) is 7.20. The molecule has 0 radical (unpaired) electrons. The number of ether oxygens (including phenoxy) is 2. The zero-order valence-electron chi connectivity index (χ0n) is 14.6. The van der Waals surface area contributed by atoms with Gasteiger partial charge in [-0.2, -0.15) is 0 Å². The number of benzene rings is 2. The molecule has 0 aromatic heterocycles. The normalized spacial score (nSPS) is 17.7. The van der Waals surface area contributed by atoms with Gasteiger partial charge < -0.3 is 14.8 Å². The first-order valence-corrected chi connectivity index (χ1v) is 9.49. The molecular formula is C21H22ClNO3. The number of halogens is 1. The summed E-state index contributed by atoms with van der Waals surface area (Å²) in [6.07, 6.45) is 3.95. The van der Waals surface area contributed by atoms with Crippen molar-refractivity contribution in [3.63, 3.8) is 0 Å². The number of nitrogens with one attached hydrogen (secondary N) is 1. The van der Waals surface area contributed by atoms with E-state index in [1.807, 2.05) is 30.3 Å². The molecule has 136 valence electrons. The van der Waals surface area contributed by atoms with Crippen LogP contribution in [0.25, 0.3) is 0 Å². The summed E-state index contributed by atoms with van der Waals surface area (Å²) < 4.78 is 11.2. The summed E-state index contributed by atoms with van der Waals surface area (Å²) >= 11 is 6.30. The fourth-order valence-electron chi connectivity index (χ4n) is 4.00. The van der Waals surface area contributed by atoms with Gasteiger partial charge in [-0.3, -0.25) is 4.79 Å². The highest BCUT2D eigenvalue weighted by atomic mass is 35.5. The van der Waals surface area contributed by atoms with Crippen LogP contribution in [0.2, 0.25) is 5.02 Å². The van der Waals surface area contributed by atoms with Crippen molar-refractivity contribution in [3.8, 4) is 11.5 Å². The van der Waals surface area contributed by atoms with Crippen molar-refractivity contribution in [2.75, 3.05) is 13.2 Å². The second-order valence-corrected chi connectivity index (χ2v) is 7.35. The Morgan fingerprint density at radius 2 is 1.81 bits per heavy atom. The third kappa shape index (κ3) is 3.14. The van der Waals surface area contributed by atoms with Crippen molar-refractivity contribution in [3.05, 3.63) is 58.6 Å². The smallest absolute Gasteiger partial charge is 0.230 e. The monoisotopic (exact) mass is 371 g/mol. The van der Waals surface area contributed by atoms with E-state index in [2.05, 4.69) is 17.4 Å². The van der Waals surface area contributed by atoms with E-state index in [0.717, 1.165) is 36.8 Å². The quantitative estimate of drug-likeness (QED) is 0.874. The lowest BCUT2D eigenvalue weighted by Crippen LogP contribution is -2.42. The van der Waals surface area contributed by atoms with Crippen molar-refractivity contribution < 1.29 is 14.3 Å². The number of rotatable bonds is 4. The Morgan fingerprint density at radius 3 is 2.58 bits per heavy atom. The Kier molecular flexibility index (Phi) is 4.77. The van der Waals surface area contributed by atoms with Gasteiger partial charge in [-0.05, 0) is 36.1 Å². The van der Waals surface area contributed by atoms with Gasteiger partial charge in [0.1, 0.15) is 13.2 Å². The maximum atomic E-state index is 13.1. The Morgan fingerprint density at radius 1 is 1.08 bits per heavy atom. The van der Waals surface area contributed by atoms with E-state index in [1.165, 1.54) is 0 Å². The first-order chi connectivity index (χ1) is 12.7. The number of amides is 1. The molecule has 1 N–H and O–H groups in total. The molecule has 0 unspecified atom stereocenters. The van der Waals surface area contributed by atoms with Crippen LogP contribution in [-0.4, -0.2) is 19.1 Å². The van der Waals surface area contributed by atoms with Gasteiger partial charge in [0.25, 0.3) is 0 Å². The molecule has 2 aliphatic rings. The Balaban J connectivity index is 1.52. The molecule has 4 rings (SSSR count). The van der Waals surface area contributed by atoms with Crippen molar-refractivity contribution in [1.82, 2.24) is 5.32 Å². The molecule has 2 aromatic carbocycles. The lowest BCUT2D eigenvalue weighted by molar-refractivity contribution is -0.126. The molecule has 1 saturated carbocycles. The second-order valence-electron chi connectivity index (χ2n) is 6.94. The van der Waals surface area contributed by atoms with Crippen LogP contribution in [0.15, 0.2) is 42.5 Å². The standard InChI is InChI=1S/C21H22ClNO3/c22-17-12-15(13-18-19(17)26-11-10-25-18)14-23-20(24)21(8-4-5-9-21)16-6-2-1-3-7-16/h1-3,6-7,12-13H,4-5,8-11,14H2,(H,23,24). The van der Waals surface area contributed by atoms with Crippen LogP contribution in [-0.2, 0) is 16.8 Å². The predicted molar refractivity (Wildman–Crippen MR) is 101 cm³/mol. The molecule has 0 spiro atoms. The van der Waals surface area contributed by atoms with Crippen LogP contribution >= 0.6 is 11.6 Å². The van der Waals surface area contributed by atoms with Crippen LogP contribution in [0, 0.1) is 0 Å². The van der Waals surface area contributed by atoms with Gasteiger partial charge in [0.15, 0.2) is 11.5 Å². The van der Waals surface area contributed by atoms with Crippen LogP contribution < -0.4 is 14.8 Å². The van der Waals surface area contributed by atoms with Crippen molar-refractivity contribution in [1.29, 1.82) is 0 Å². The molecule has 5 heteroatoms. The van der Waals surface area contributed by atoms with E-state index in [4.69, 9.17) is 21.1 Å². The Labute approximate surface area is 158 Å². The summed E-state index contributed by atoms with van der Waals surface area (Å²) in [6.45, 7) is 1.43. The summed E-state index contributed by atoms with van der Waals surface area (Å²) in [7, 11) is 0. The molecule has 26 heavy (non-hydrogen) atoms. The van der Waals surface area contributed by atoms with E-state index >= 15 is 0 Å². The number of hydrogen-bond donors (Lipinski definition) is 1. The molecule has 0 saturated heterocycles. The van der Waals surface area contributed by atoms with Crippen molar-refractivity contribution >= 4 is 17.5 Å². The summed E-state index contributed by atoms with van der Waals surface area (Å²) in [6, 6.07) is 13.8. The minimum absolute atomic E-state index is 0.0900. The van der Waals surface area contributed by atoms with E-state index in [-0.39, 0.29) is 5.91 Å². The van der Waals surface area contributed by atoms with Crippen LogP contribution in [0.5, 0.6) is 11.5 Å². The van der Waals surface area contributed by atoms with Crippen LogP contribution in [0.3, 0.4) is 0 Å². The van der Waals surface area contributed by atoms with Gasteiger partial charge in [-0.25, -0.2) is 0 Å². The van der Waals surface area contributed by atoms with Gasteiger partial charge in [0.05, 0.1) is 10.4 Å². The molecule has 0 atom stereocenters. The average molecular weight is 372 g/mol. The topological polar surface area (TPSA) is 47.6 Å². The third-order valence-electron chi connectivity index (χ3n) is 5.33. The maximum Gasteiger partial charge on any atom is 0.230 e. The van der Waals surface area contributed by atoms with Gasteiger partial charge in [0, 0.05) is 6.54 Å². The molecule has 1 aliphatic carbocycles. The van der Waals surface area contributed by atoms with Gasteiger partial charge >= 0.3 is 0 Å². The molecule has 1 heterocycles. The van der Waals surface area contributed by atoms with Gasteiger partial charge in [0.2, 0.25) is 5.91 Å². The van der Waals surface area contributed by atoms with E-state index in [1.54, 1.807) is 0 Å². The lowest BCUT2D eigenvalue weighted by Gasteiger charge is -2.28. The zero-order chi connectivity index (χ0) is 18.0. The molecule has 1 amide bonds. The summed E-state index contributed by atoms with van der Waals surface area (Å²) in [5, 5.41) is 3.64. The highest BCUT2D eigenvalue weighted by Gasteiger charge is 2.42. The first kappa shape index (κ1) is 17.2. The molecular weight excluding hydrogens is 350 g/mol. The minimum Gasteiger partial charge on any atom is -0.486 e. The summed E-state index contributed by atoms with van der Waals surface area (Å²) in [5.41, 5.74) is 1.60. The minimum atomic E-state index is -0.418. The average Bonchev–Trinajstić information content (AvgIpc) is 3.18. The third-order valence-corrected chi connectivity index (χ3v) is 5.61. The van der Waals surface area contributed by atoms with E-state index in [9.17, 15) is 4.79 Å². The van der Waals surface area contributed by atoms with Crippen LogP contribution in [0.4, 0.5) is 0 Å². The Hall–Kier alpha value is -2.20. The Bertz CT molecular complexity index is 800. The largest absolute Gasteiger partial charge is 0.486 e. The fourth-order valence-corrected chi connectivity index (χ4v) is 4.29. The molecule has 4 nitrogen and oxygen atoms in total. The number of carbonyl (C=O) groups excluding carboxylic acids is 1. The molecule has 1 aliphatic heterocycles. The van der Waals surface area contributed by atoms with Crippen LogP contribution in [0.1, 0.15) is 36.8 Å². The predicted octanol–water partition coefficient (Wildman–Crippen LogP) is 4.24. The number of hydrogen-bond acceptors (Lipinski definition) is 3. The SMILES string of the molecule is O=C(NCc1cc(Cl)c2c(c1)OCCO2)C1(c2ccccc2)CCCC1. The molecule has 0 bridgehead atoms. The van der Waals surface area contributed by atoms with Gasteiger partial charge in [-0.15, -0.1) is 0 Å². The lowest BCUT2D eigenvalue weighted by atomic mass is 9.78. The number of carbonyl (C=O) groups is 1. The highest BCUT2D eigenvalue weighted by molar-refractivity contribution is 6.32. The zero-order valence-corrected chi connectivity index (χ0v) is 15.3. The molecule has 2 aromatic rings. The summed E-state index contributed by atoms with van der Waals surface area (Å²) in [5.74, 6) is 1.32. The number of fused-ring (bicyclic) bond motifs is 1. The van der Waals surface area contributed by atoms with Gasteiger partial charge in [-0.1, -0.05) is 54.8 Å². The van der Waals surface area contributed by atoms with Crippen molar-refractivity contribution in [2.45, 2.75) is 37.6 Å². The van der Waals surface area contributed by atoms with E-state index in [0.29, 0.717) is 36.3 Å².